The molecule has 0 unspecified atom stereocenters. The molecule has 1 amide bonds. The second kappa shape index (κ2) is 9.66. The smallest absolute Gasteiger partial charge is 0.223 e. The molecule has 0 aliphatic carbocycles. The minimum Gasteiger partial charge on any atom is -0.353 e. The number of rotatable bonds is 5. The summed E-state index contributed by atoms with van der Waals surface area (Å²) in [5.41, 5.74) is 4.76. The van der Waals surface area contributed by atoms with Gasteiger partial charge in [-0.05, 0) is 63.4 Å². The third-order valence-electron chi connectivity index (χ3n) is 6.88. The highest BCUT2D eigenvalue weighted by atomic mass is 35.5. The predicted molar refractivity (Wildman–Crippen MR) is 139 cm³/mol. The summed E-state index contributed by atoms with van der Waals surface area (Å²) in [5.74, 6) is 0.876. The monoisotopic (exact) mass is 488 g/mol. The van der Waals surface area contributed by atoms with Crippen molar-refractivity contribution in [2.75, 3.05) is 18.0 Å². The van der Waals surface area contributed by atoms with Crippen LogP contribution >= 0.6 is 11.6 Å². The van der Waals surface area contributed by atoms with Crippen molar-refractivity contribution >= 4 is 34.2 Å². The van der Waals surface area contributed by atoms with E-state index in [9.17, 15) is 4.79 Å². The fourth-order valence-corrected chi connectivity index (χ4v) is 4.99. The van der Waals surface area contributed by atoms with Crippen LogP contribution in [0.2, 0.25) is 5.02 Å². The zero-order chi connectivity index (χ0) is 24.5. The van der Waals surface area contributed by atoms with Gasteiger partial charge in [-0.1, -0.05) is 41.9 Å². The van der Waals surface area contributed by atoms with Gasteiger partial charge < -0.3 is 10.2 Å². The lowest BCUT2D eigenvalue weighted by Gasteiger charge is -2.32. The van der Waals surface area contributed by atoms with Gasteiger partial charge in [-0.2, -0.15) is 10.2 Å². The summed E-state index contributed by atoms with van der Waals surface area (Å²) in [6.07, 6.45) is 1.53. The molecule has 1 aliphatic heterocycles. The van der Waals surface area contributed by atoms with Crippen LogP contribution in [-0.4, -0.2) is 39.0 Å². The zero-order valence-electron chi connectivity index (χ0n) is 20.2. The molecule has 0 spiro atoms. The summed E-state index contributed by atoms with van der Waals surface area (Å²) < 4.78 is 1.92. The van der Waals surface area contributed by atoms with E-state index in [1.807, 2.05) is 80.1 Å². The van der Waals surface area contributed by atoms with Crippen molar-refractivity contribution in [3.63, 3.8) is 0 Å². The third-order valence-corrected chi connectivity index (χ3v) is 7.13. The van der Waals surface area contributed by atoms with Crippen molar-refractivity contribution in [3.8, 4) is 5.69 Å². The Morgan fingerprint density at radius 3 is 2.40 bits per heavy atom. The Bertz CT molecular complexity index is 1340. The second-order valence-corrected chi connectivity index (χ2v) is 9.64. The topological polar surface area (TPSA) is 75.9 Å². The lowest BCUT2D eigenvalue weighted by Crippen LogP contribution is -2.41. The summed E-state index contributed by atoms with van der Waals surface area (Å²) in [6.45, 7) is 7.51. The quantitative estimate of drug-likeness (QED) is 0.419. The van der Waals surface area contributed by atoms with Crippen molar-refractivity contribution < 1.29 is 4.79 Å². The fourth-order valence-electron chi connectivity index (χ4n) is 4.87. The van der Waals surface area contributed by atoms with E-state index in [-0.39, 0.29) is 17.9 Å². The molecule has 1 N–H and O–H groups in total. The van der Waals surface area contributed by atoms with Crippen molar-refractivity contribution in [3.05, 3.63) is 76.6 Å². The minimum absolute atomic E-state index is 0.0101. The number of halogens is 1. The van der Waals surface area contributed by atoms with Gasteiger partial charge in [0.2, 0.25) is 5.91 Å². The lowest BCUT2D eigenvalue weighted by atomic mass is 9.95. The summed E-state index contributed by atoms with van der Waals surface area (Å²) in [7, 11) is 0. The molecule has 7 nitrogen and oxygen atoms in total. The highest BCUT2D eigenvalue weighted by Gasteiger charge is 2.29. The number of hydrogen-bond donors (Lipinski definition) is 1. The van der Waals surface area contributed by atoms with E-state index in [1.165, 1.54) is 0 Å². The van der Waals surface area contributed by atoms with E-state index in [2.05, 4.69) is 20.4 Å². The van der Waals surface area contributed by atoms with Crippen LogP contribution in [0.25, 0.3) is 16.6 Å². The number of benzene rings is 2. The van der Waals surface area contributed by atoms with Crippen LogP contribution in [-0.2, 0) is 4.79 Å². The molecule has 1 aliphatic rings. The number of amides is 1. The number of nitrogens with zero attached hydrogens (tertiary/aromatic N) is 5. The van der Waals surface area contributed by atoms with Crippen LogP contribution in [0.15, 0.2) is 54.6 Å². The molecule has 0 saturated carbocycles. The van der Waals surface area contributed by atoms with E-state index in [0.717, 1.165) is 65.3 Å². The molecule has 2 aromatic heterocycles. The second-order valence-electron chi connectivity index (χ2n) is 9.21. The summed E-state index contributed by atoms with van der Waals surface area (Å²) in [6, 6.07) is 17.7. The molecule has 1 atom stereocenters. The highest BCUT2D eigenvalue weighted by Crippen LogP contribution is 2.32. The number of hydrogen-bond acceptors (Lipinski definition) is 5. The van der Waals surface area contributed by atoms with Crippen molar-refractivity contribution in [2.24, 2.45) is 5.92 Å². The first-order valence-electron chi connectivity index (χ1n) is 12.0. The number of anilines is 1. The molecule has 4 aromatic rings. The normalized spacial score (nSPS) is 15.4. The van der Waals surface area contributed by atoms with Gasteiger partial charge in [-0.25, -0.2) is 4.68 Å². The summed E-state index contributed by atoms with van der Waals surface area (Å²) in [5, 5.41) is 18.8. The number of fused-ring (bicyclic) bond motifs is 1. The van der Waals surface area contributed by atoms with Crippen LogP contribution < -0.4 is 10.2 Å². The molecule has 180 valence electrons. The molecular formula is C27H29ClN6O. The Hall–Kier alpha value is -3.45. The standard InChI is InChI=1S/C27H29ClN6O/c1-17(20-7-5-4-6-8-20)29-27(35)21-13-15-33(16-14-21)26-25-24(18(2)30-31-26)19(3)34(32-25)23-11-9-22(28)10-12-23/h4-12,17,21H,13-16H2,1-3H3,(H,29,35)/t17-/m0/s1. The highest BCUT2D eigenvalue weighted by molar-refractivity contribution is 6.30. The van der Waals surface area contributed by atoms with Gasteiger partial charge in [-0.3, -0.25) is 4.79 Å². The summed E-state index contributed by atoms with van der Waals surface area (Å²) >= 11 is 6.08. The Balaban J connectivity index is 1.33. The van der Waals surface area contributed by atoms with E-state index in [0.29, 0.717) is 5.02 Å². The SMILES string of the molecule is Cc1nnc(N2CCC(C(=O)N[C@@H](C)c3ccccc3)CC2)c2nn(-c3ccc(Cl)cc3)c(C)c12. The molecule has 2 aromatic carbocycles. The number of carbonyl (C=O) groups excluding carboxylic acids is 1. The molecule has 1 fully saturated rings. The van der Waals surface area contributed by atoms with Gasteiger partial charge in [0, 0.05) is 24.0 Å². The van der Waals surface area contributed by atoms with E-state index in [1.54, 1.807) is 0 Å². The van der Waals surface area contributed by atoms with Gasteiger partial charge >= 0.3 is 0 Å². The van der Waals surface area contributed by atoms with E-state index >= 15 is 0 Å². The number of carbonyl (C=O) groups is 1. The number of piperidine rings is 1. The molecular weight excluding hydrogens is 460 g/mol. The molecule has 3 heterocycles. The molecule has 1 saturated heterocycles. The first-order chi connectivity index (χ1) is 16.9. The molecule has 5 rings (SSSR count). The minimum atomic E-state index is -0.0142. The van der Waals surface area contributed by atoms with Gasteiger partial charge in [0.25, 0.3) is 0 Å². The van der Waals surface area contributed by atoms with Gasteiger partial charge in [0.15, 0.2) is 5.82 Å². The zero-order valence-corrected chi connectivity index (χ0v) is 21.0. The maximum atomic E-state index is 12.9. The number of aromatic nitrogens is 4. The third kappa shape index (κ3) is 4.60. The Morgan fingerprint density at radius 2 is 1.71 bits per heavy atom. The van der Waals surface area contributed by atoms with E-state index in [4.69, 9.17) is 16.7 Å². The molecule has 8 heteroatoms. The Kier molecular flexibility index (Phi) is 6.43. The van der Waals surface area contributed by atoms with Gasteiger partial charge in [0.05, 0.1) is 28.5 Å². The molecule has 0 radical (unpaired) electrons. The van der Waals surface area contributed by atoms with Crippen LogP contribution in [0.3, 0.4) is 0 Å². The van der Waals surface area contributed by atoms with Gasteiger partial charge in [-0.15, -0.1) is 5.10 Å². The van der Waals surface area contributed by atoms with Crippen LogP contribution in [0.4, 0.5) is 5.82 Å². The van der Waals surface area contributed by atoms with Crippen LogP contribution in [0.5, 0.6) is 0 Å². The average Bonchev–Trinajstić information content (AvgIpc) is 3.23. The first-order valence-corrected chi connectivity index (χ1v) is 12.4. The maximum Gasteiger partial charge on any atom is 0.223 e. The Labute approximate surface area is 210 Å². The van der Waals surface area contributed by atoms with Crippen molar-refractivity contribution in [2.45, 2.75) is 39.7 Å². The van der Waals surface area contributed by atoms with E-state index < -0.39 is 0 Å². The average molecular weight is 489 g/mol. The predicted octanol–water partition coefficient (Wildman–Crippen LogP) is 5.18. The Morgan fingerprint density at radius 1 is 1.03 bits per heavy atom. The van der Waals surface area contributed by atoms with Crippen molar-refractivity contribution in [1.29, 1.82) is 0 Å². The molecule has 35 heavy (non-hydrogen) atoms. The molecule has 0 bridgehead atoms. The lowest BCUT2D eigenvalue weighted by molar-refractivity contribution is -0.126. The largest absolute Gasteiger partial charge is 0.353 e. The summed E-state index contributed by atoms with van der Waals surface area (Å²) in [4.78, 5) is 15.1. The maximum absolute atomic E-state index is 12.9. The number of aryl methyl sites for hydroxylation is 2. The number of nitrogens with one attached hydrogen (secondary N) is 1. The van der Waals surface area contributed by atoms with Gasteiger partial charge in [0.1, 0.15) is 5.52 Å². The van der Waals surface area contributed by atoms with Crippen LogP contribution in [0, 0.1) is 19.8 Å². The fraction of sp³-hybridized carbons (Fsp3) is 0.333. The van der Waals surface area contributed by atoms with Crippen LogP contribution in [0.1, 0.15) is 42.8 Å². The first kappa shape index (κ1) is 23.3. The van der Waals surface area contributed by atoms with Crippen molar-refractivity contribution in [1.82, 2.24) is 25.3 Å².